The van der Waals surface area contributed by atoms with Crippen LogP contribution < -0.4 is 9.80 Å². The third kappa shape index (κ3) is 4.05. The molecule has 0 bridgehead atoms. The summed E-state index contributed by atoms with van der Waals surface area (Å²) < 4.78 is 20.8. The molecule has 1 aliphatic heterocycles. The van der Waals surface area contributed by atoms with Gasteiger partial charge in [0, 0.05) is 22.6 Å². The number of nitrogens with one attached hydrogen (secondary N) is 1. The number of rotatable bonds is 6. The number of aromatic nitrogens is 1. The van der Waals surface area contributed by atoms with E-state index < -0.39 is 0 Å². The van der Waals surface area contributed by atoms with Crippen LogP contribution >= 0.6 is 0 Å². The molecule has 0 unspecified atom stereocenters. The number of nitrogens with zero attached hydrogens (tertiary/aromatic N) is 2. The summed E-state index contributed by atoms with van der Waals surface area (Å²) in [6.45, 7) is 10.2. The molecule has 0 aliphatic carbocycles. The molecule has 158 valence electrons. The van der Waals surface area contributed by atoms with Gasteiger partial charge in [0.25, 0.3) is 0 Å². The van der Waals surface area contributed by atoms with Crippen LogP contribution in [-0.2, 0) is 6.54 Å². The largest absolute Gasteiger partial charge is 0.467 e. The van der Waals surface area contributed by atoms with Crippen LogP contribution in [-0.4, -0.2) is 42.6 Å². The molecule has 30 heavy (non-hydrogen) atoms. The summed E-state index contributed by atoms with van der Waals surface area (Å²) in [4.78, 5) is 16.9. The summed E-state index contributed by atoms with van der Waals surface area (Å²) in [5, 5.41) is 0. The van der Waals surface area contributed by atoms with Crippen LogP contribution in [0.3, 0.4) is 0 Å². The molecule has 0 saturated carbocycles. The first-order valence-corrected chi connectivity index (χ1v) is 10.5. The van der Waals surface area contributed by atoms with E-state index in [0.717, 1.165) is 54.6 Å². The number of halogens is 1. The number of anilines is 1. The van der Waals surface area contributed by atoms with Gasteiger partial charge in [-0.25, -0.2) is 4.39 Å². The van der Waals surface area contributed by atoms with Crippen molar-refractivity contribution < 1.29 is 18.5 Å². The lowest BCUT2D eigenvalue weighted by Crippen LogP contribution is -3.18. The predicted octanol–water partition coefficient (Wildman–Crippen LogP) is 2.86. The number of piperazine rings is 1. The van der Waals surface area contributed by atoms with Crippen LogP contribution in [0.25, 0.3) is 0 Å². The Labute approximate surface area is 176 Å². The van der Waals surface area contributed by atoms with Crippen molar-refractivity contribution in [3.8, 4) is 0 Å². The van der Waals surface area contributed by atoms with Crippen LogP contribution in [0.15, 0.2) is 53.1 Å². The van der Waals surface area contributed by atoms with Gasteiger partial charge in [-0.05, 0) is 63.2 Å². The molecule has 0 amide bonds. The highest BCUT2D eigenvalue weighted by Crippen LogP contribution is 2.19. The van der Waals surface area contributed by atoms with Gasteiger partial charge in [0.05, 0.1) is 39.0 Å². The van der Waals surface area contributed by atoms with Crippen LogP contribution in [0, 0.1) is 19.7 Å². The average Bonchev–Trinajstić information content (AvgIpc) is 3.37. The Bertz CT molecular complexity index is 1000. The number of Topliss-reactive ketones (excluding diaryl/α,β-unsaturated/α-hetero) is 1. The van der Waals surface area contributed by atoms with Gasteiger partial charge in [-0.3, -0.25) is 4.79 Å². The SMILES string of the molecule is Cc1cc(C(=O)[C@H](C)[NH+]2CCN(c3ccc(F)cc3)CC2)c(C)n1Cc1ccco1. The molecule has 1 aliphatic rings. The Kier molecular flexibility index (Phi) is 5.77. The number of carbonyl (C=O) groups is 1. The van der Waals surface area contributed by atoms with Crippen molar-refractivity contribution >= 4 is 11.5 Å². The Morgan fingerprint density at radius 3 is 2.50 bits per heavy atom. The van der Waals surface area contributed by atoms with E-state index in [0.29, 0.717) is 6.54 Å². The molecule has 1 fully saturated rings. The minimum absolute atomic E-state index is 0.0991. The van der Waals surface area contributed by atoms with E-state index in [1.807, 2.05) is 51.1 Å². The Hall–Kier alpha value is -2.86. The van der Waals surface area contributed by atoms with Gasteiger partial charge >= 0.3 is 0 Å². The maximum atomic E-state index is 13.3. The molecule has 1 atom stereocenters. The Balaban J connectivity index is 1.42. The van der Waals surface area contributed by atoms with Gasteiger partial charge < -0.3 is 18.8 Å². The normalized spacial score (nSPS) is 16.1. The summed E-state index contributed by atoms with van der Waals surface area (Å²) in [7, 11) is 0. The third-order valence-corrected chi connectivity index (χ3v) is 6.34. The molecule has 5 nitrogen and oxygen atoms in total. The average molecular weight is 411 g/mol. The number of aryl methyl sites for hydroxylation is 1. The minimum Gasteiger partial charge on any atom is -0.467 e. The fourth-order valence-electron chi connectivity index (χ4n) is 4.41. The van der Waals surface area contributed by atoms with Gasteiger partial charge in [0.2, 0.25) is 5.78 Å². The van der Waals surface area contributed by atoms with E-state index in [2.05, 4.69) is 9.47 Å². The molecule has 4 rings (SSSR count). The van der Waals surface area contributed by atoms with Crippen molar-refractivity contribution in [1.29, 1.82) is 0 Å². The van der Waals surface area contributed by atoms with Crippen LogP contribution in [0.1, 0.15) is 34.4 Å². The fourth-order valence-corrected chi connectivity index (χ4v) is 4.41. The van der Waals surface area contributed by atoms with Crippen LogP contribution in [0.5, 0.6) is 0 Å². The highest BCUT2D eigenvalue weighted by atomic mass is 19.1. The summed E-state index contributed by atoms with van der Waals surface area (Å²) in [5.74, 6) is 0.859. The van der Waals surface area contributed by atoms with E-state index in [-0.39, 0.29) is 17.6 Å². The number of carbonyl (C=O) groups excluding carboxylic acids is 1. The van der Waals surface area contributed by atoms with Crippen molar-refractivity contribution in [2.45, 2.75) is 33.4 Å². The maximum absolute atomic E-state index is 13.3. The van der Waals surface area contributed by atoms with E-state index in [1.54, 1.807) is 6.26 Å². The monoisotopic (exact) mass is 410 g/mol. The number of quaternary nitrogens is 1. The van der Waals surface area contributed by atoms with Gasteiger partial charge in [-0.1, -0.05) is 0 Å². The number of hydrogen-bond acceptors (Lipinski definition) is 3. The molecule has 3 heterocycles. The first kappa shape index (κ1) is 20.4. The zero-order chi connectivity index (χ0) is 21.3. The van der Waals surface area contributed by atoms with E-state index in [9.17, 15) is 9.18 Å². The van der Waals surface area contributed by atoms with Gasteiger partial charge in [-0.2, -0.15) is 0 Å². The zero-order valence-corrected chi connectivity index (χ0v) is 17.8. The van der Waals surface area contributed by atoms with Gasteiger partial charge in [0.1, 0.15) is 17.6 Å². The molecule has 1 aromatic carbocycles. The second-order valence-corrected chi connectivity index (χ2v) is 8.16. The van der Waals surface area contributed by atoms with Gasteiger partial charge in [0.15, 0.2) is 0 Å². The number of furan rings is 1. The third-order valence-electron chi connectivity index (χ3n) is 6.34. The lowest BCUT2D eigenvalue weighted by molar-refractivity contribution is -0.914. The van der Waals surface area contributed by atoms with Crippen molar-refractivity contribution in [2.75, 3.05) is 31.1 Å². The molecule has 3 aromatic rings. The second-order valence-electron chi connectivity index (χ2n) is 8.16. The number of benzene rings is 1. The zero-order valence-electron chi connectivity index (χ0n) is 17.8. The minimum atomic E-state index is -0.216. The van der Waals surface area contributed by atoms with Crippen molar-refractivity contribution in [3.05, 3.63) is 77.3 Å². The molecule has 2 aromatic heterocycles. The topological polar surface area (TPSA) is 42.8 Å². The molecule has 6 heteroatoms. The summed E-state index contributed by atoms with van der Waals surface area (Å²) in [6.07, 6.45) is 1.67. The molecule has 0 spiro atoms. The Morgan fingerprint density at radius 1 is 1.17 bits per heavy atom. The maximum Gasteiger partial charge on any atom is 0.221 e. The highest BCUT2D eigenvalue weighted by molar-refractivity contribution is 6.00. The molecule has 1 saturated heterocycles. The second kappa shape index (κ2) is 8.48. The smallest absolute Gasteiger partial charge is 0.221 e. The molecular weight excluding hydrogens is 381 g/mol. The fraction of sp³-hybridized carbons (Fsp3) is 0.375. The summed E-state index contributed by atoms with van der Waals surface area (Å²) >= 11 is 0. The van der Waals surface area contributed by atoms with Crippen molar-refractivity contribution in [1.82, 2.24) is 4.57 Å². The lowest BCUT2D eigenvalue weighted by Gasteiger charge is -2.36. The summed E-state index contributed by atoms with van der Waals surface area (Å²) in [5.41, 5.74) is 3.90. The van der Waals surface area contributed by atoms with Gasteiger partial charge in [-0.15, -0.1) is 0 Å². The van der Waals surface area contributed by atoms with Crippen LogP contribution in [0.2, 0.25) is 0 Å². The molecular formula is C24H29FN3O2+. The quantitative estimate of drug-likeness (QED) is 0.636. The van der Waals surface area contributed by atoms with E-state index >= 15 is 0 Å². The first-order valence-electron chi connectivity index (χ1n) is 10.5. The first-order chi connectivity index (χ1) is 14.4. The van der Waals surface area contributed by atoms with Crippen LogP contribution in [0.4, 0.5) is 10.1 Å². The molecule has 0 radical (unpaired) electrons. The van der Waals surface area contributed by atoms with E-state index in [1.165, 1.54) is 17.0 Å². The number of hydrogen-bond donors (Lipinski definition) is 1. The number of ketones is 1. The highest BCUT2D eigenvalue weighted by Gasteiger charge is 2.31. The van der Waals surface area contributed by atoms with E-state index in [4.69, 9.17) is 4.42 Å². The predicted molar refractivity (Wildman–Crippen MR) is 115 cm³/mol. The standard InChI is InChI=1S/C24H28FN3O2/c1-17-15-23(18(2)28(17)16-22-5-4-14-30-22)24(29)19(3)26-10-12-27(13-11-26)21-8-6-20(25)7-9-21/h4-9,14-15,19H,10-13,16H2,1-3H3/p+1/t19-/m0/s1. The summed E-state index contributed by atoms with van der Waals surface area (Å²) in [6, 6.07) is 12.4. The van der Waals surface area contributed by atoms with Crippen molar-refractivity contribution in [2.24, 2.45) is 0 Å². The lowest BCUT2D eigenvalue weighted by atomic mass is 10.0. The Morgan fingerprint density at radius 2 is 1.87 bits per heavy atom. The van der Waals surface area contributed by atoms with Crippen molar-refractivity contribution in [3.63, 3.8) is 0 Å². The molecule has 1 N–H and O–H groups in total.